The fourth-order valence-electron chi connectivity index (χ4n) is 1.47. The normalized spacial score (nSPS) is 16.7. The highest BCUT2D eigenvalue weighted by Gasteiger charge is 2.25. The SMILES string of the molecule is ON=Cc1ccc(Cl)cc1C1CC1. The number of halogens is 1. The summed E-state index contributed by atoms with van der Waals surface area (Å²) in [6, 6.07) is 5.65. The summed E-state index contributed by atoms with van der Waals surface area (Å²) in [6.45, 7) is 0. The smallest absolute Gasteiger partial charge is 0.0736 e. The van der Waals surface area contributed by atoms with E-state index in [1.54, 1.807) is 0 Å². The third-order valence-electron chi connectivity index (χ3n) is 2.26. The van der Waals surface area contributed by atoms with Gasteiger partial charge in [0.2, 0.25) is 0 Å². The molecule has 68 valence electrons. The van der Waals surface area contributed by atoms with Crippen molar-refractivity contribution in [3.05, 3.63) is 34.3 Å². The molecule has 0 aromatic heterocycles. The van der Waals surface area contributed by atoms with E-state index in [0.717, 1.165) is 10.6 Å². The van der Waals surface area contributed by atoms with Gasteiger partial charge in [-0.2, -0.15) is 0 Å². The monoisotopic (exact) mass is 195 g/mol. The molecule has 2 rings (SSSR count). The Hall–Kier alpha value is -1.02. The van der Waals surface area contributed by atoms with Gasteiger partial charge >= 0.3 is 0 Å². The summed E-state index contributed by atoms with van der Waals surface area (Å²) in [6.07, 6.45) is 3.89. The molecule has 0 amide bonds. The Morgan fingerprint density at radius 2 is 2.23 bits per heavy atom. The van der Waals surface area contributed by atoms with Gasteiger partial charge in [0.1, 0.15) is 0 Å². The Labute approximate surface area is 81.8 Å². The second-order valence-electron chi connectivity index (χ2n) is 3.29. The van der Waals surface area contributed by atoms with Gasteiger partial charge in [-0.3, -0.25) is 0 Å². The molecule has 13 heavy (non-hydrogen) atoms. The molecule has 0 bridgehead atoms. The average molecular weight is 196 g/mol. The summed E-state index contributed by atoms with van der Waals surface area (Å²) in [4.78, 5) is 0. The summed E-state index contributed by atoms with van der Waals surface area (Å²) in [5, 5.41) is 12.2. The Morgan fingerprint density at radius 1 is 1.46 bits per heavy atom. The topological polar surface area (TPSA) is 32.6 Å². The van der Waals surface area contributed by atoms with Crippen LogP contribution in [-0.4, -0.2) is 11.4 Å². The zero-order chi connectivity index (χ0) is 9.26. The fraction of sp³-hybridized carbons (Fsp3) is 0.300. The molecule has 0 saturated heterocycles. The number of benzene rings is 1. The number of oxime groups is 1. The number of nitrogens with zero attached hydrogens (tertiary/aromatic N) is 1. The van der Waals surface area contributed by atoms with Crippen molar-refractivity contribution in [3.8, 4) is 0 Å². The Kier molecular flexibility index (Phi) is 2.23. The molecule has 0 heterocycles. The van der Waals surface area contributed by atoms with Gasteiger partial charge in [-0.25, -0.2) is 0 Å². The first kappa shape index (κ1) is 8.57. The lowest BCUT2D eigenvalue weighted by molar-refractivity contribution is 0.322. The Morgan fingerprint density at radius 3 is 2.85 bits per heavy atom. The van der Waals surface area contributed by atoms with Crippen LogP contribution in [0.3, 0.4) is 0 Å². The van der Waals surface area contributed by atoms with Crippen molar-refractivity contribution in [2.75, 3.05) is 0 Å². The Bertz CT molecular complexity index is 345. The first-order valence-electron chi connectivity index (χ1n) is 4.28. The molecule has 0 radical (unpaired) electrons. The van der Waals surface area contributed by atoms with E-state index < -0.39 is 0 Å². The molecule has 1 aliphatic carbocycles. The second kappa shape index (κ2) is 3.38. The molecular weight excluding hydrogens is 186 g/mol. The van der Waals surface area contributed by atoms with Gasteiger partial charge in [0.15, 0.2) is 0 Å². The van der Waals surface area contributed by atoms with E-state index in [-0.39, 0.29) is 0 Å². The molecule has 2 nitrogen and oxygen atoms in total. The van der Waals surface area contributed by atoms with E-state index in [4.69, 9.17) is 16.8 Å². The minimum absolute atomic E-state index is 0.617. The molecule has 1 aromatic carbocycles. The van der Waals surface area contributed by atoms with Gasteiger partial charge in [-0.05, 0) is 42.0 Å². The van der Waals surface area contributed by atoms with Crippen LogP contribution < -0.4 is 0 Å². The van der Waals surface area contributed by atoms with E-state index in [9.17, 15) is 0 Å². The third kappa shape index (κ3) is 1.83. The predicted octanol–water partition coefficient (Wildman–Crippen LogP) is 3.03. The number of hydrogen-bond donors (Lipinski definition) is 1. The first-order chi connectivity index (χ1) is 6.31. The molecule has 1 saturated carbocycles. The van der Waals surface area contributed by atoms with Crippen LogP contribution in [0.15, 0.2) is 23.4 Å². The van der Waals surface area contributed by atoms with Crippen LogP contribution >= 0.6 is 11.6 Å². The Balaban J connectivity index is 2.41. The van der Waals surface area contributed by atoms with E-state index in [1.165, 1.54) is 24.6 Å². The highest BCUT2D eigenvalue weighted by Crippen LogP contribution is 2.42. The maximum atomic E-state index is 8.45. The van der Waals surface area contributed by atoms with Crippen molar-refractivity contribution in [1.82, 2.24) is 0 Å². The van der Waals surface area contributed by atoms with E-state index in [1.807, 2.05) is 18.2 Å². The minimum Gasteiger partial charge on any atom is -0.411 e. The van der Waals surface area contributed by atoms with Crippen molar-refractivity contribution in [2.45, 2.75) is 18.8 Å². The van der Waals surface area contributed by atoms with Crippen LogP contribution in [0.25, 0.3) is 0 Å². The van der Waals surface area contributed by atoms with E-state index >= 15 is 0 Å². The predicted molar refractivity (Wildman–Crippen MR) is 52.8 cm³/mol. The lowest BCUT2D eigenvalue weighted by atomic mass is 10.0. The molecule has 1 fully saturated rings. The standard InChI is InChI=1S/C10H10ClNO/c11-9-4-3-8(6-12-13)10(5-9)7-1-2-7/h3-7,13H,1-2H2. The first-order valence-corrected chi connectivity index (χ1v) is 4.66. The van der Waals surface area contributed by atoms with E-state index in [2.05, 4.69) is 5.16 Å². The van der Waals surface area contributed by atoms with E-state index in [0.29, 0.717) is 5.92 Å². The van der Waals surface area contributed by atoms with Crippen molar-refractivity contribution in [3.63, 3.8) is 0 Å². The van der Waals surface area contributed by atoms with Crippen molar-refractivity contribution in [2.24, 2.45) is 5.16 Å². The quantitative estimate of drug-likeness (QED) is 0.439. The van der Waals surface area contributed by atoms with Crippen molar-refractivity contribution < 1.29 is 5.21 Å². The van der Waals surface area contributed by atoms with Crippen LogP contribution in [0.5, 0.6) is 0 Å². The van der Waals surface area contributed by atoms with Gasteiger partial charge in [-0.1, -0.05) is 22.8 Å². The van der Waals surface area contributed by atoms with Crippen LogP contribution in [0, 0.1) is 0 Å². The maximum Gasteiger partial charge on any atom is 0.0736 e. The van der Waals surface area contributed by atoms with Gasteiger partial charge in [0, 0.05) is 5.02 Å². The summed E-state index contributed by atoms with van der Waals surface area (Å²) >= 11 is 5.88. The van der Waals surface area contributed by atoms with Crippen molar-refractivity contribution in [1.29, 1.82) is 0 Å². The van der Waals surface area contributed by atoms with Crippen LogP contribution in [0.2, 0.25) is 5.02 Å². The second-order valence-corrected chi connectivity index (χ2v) is 3.73. The molecule has 0 spiro atoms. The third-order valence-corrected chi connectivity index (χ3v) is 2.50. The van der Waals surface area contributed by atoms with Gasteiger partial charge < -0.3 is 5.21 Å². The van der Waals surface area contributed by atoms with Crippen molar-refractivity contribution >= 4 is 17.8 Å². The minimum atomic E-state index is 0.617. The zero-order valence-corrected chi connectivity index (χ0v) is 7.83. The lowest BCUT2D eigenvalue weighted by Gasteiger charge is -2.03. The highest BCUT2D eigenvalue weighted by molar-refractivity contribution is 6.30. The maximum absolute atomic E-state index is 8.45. The molecule has 1 N–H and O–H groups in total. The highest BCUT2D eigenvalue weighted by atomic mass is 35.5. The van der Waals surface area contributed by atoms with Crippen LogP contribution in [-0.2, 0) is 0 Å². The molecular formula is C10H10ClNO. The largest absolute Gasteiger partial charge is 0.411 e. The lowest BCUT2D eigenvalue weighted by Crippen LogP contribution is -1.90. The molecule has 1 aliphatic rings. The fourth-order valence-corrected chi connectivity index (χ4v) is 1.65. The molecule has 0 aliphatic heterocycles. The summed E-state index contributed by atoms with van der Waals surface area (Å²) in [7, 11) is 0. The summed E-state index contributed by atoms with van der Waals surface area (Å²) < 4.78 is 0. The van der Waals surface area contributed by atoms with Crippen LogP contribution in [0.1, 0.15) is 29.9 Å². The molecule has 1 aromatic rings. The summed E-state index contributed by atoms with van der Waals surface area (Å²) in [5.41, 5.74) is 2.17. The zero-order valence-electron chi connectivity index (χ0n) is 7.07. The number of rotatable bonds is 2. The molecule has 0 atom stereocenters. The van der Waals surface area contributed by atoms with Crippen LogP contribution in [0.4, 0.5) is 0 Å². The summed E-state index contributed by atoms with van der Waals surface area (Å²) in [5.74, 6) is 0.617. The van der Waals surface area contributed by atoms with Gasteiger partial charge in [0.25, 0.3) is 0 Å². The van der Waals surface area contributed by atoms with Gasteiger partial charge in [0.05, 0.1) is 6.21 Å². The average Bonchev–Trinajstić information content (AvgIpc) is 2.91. The molecule has 3 heteroatoms. The molecule has 0 unspecified atom stereocenters. The van der Waals surface area contributed by atoms with Gasteiger partial charge in [-0.15, -0.1) is 0 Å². The number of hydrogen-bond acceptors (Lipinski definition) is 2.